The number of carboxylic acids is 1. The van der Waals surface area contributed by atoms with Crippen LogP contribution in [0.15, 0.2) is 66.7 Å². The minimum absolute atomic E-state index is 0.0721. The van der Waals surface area contributed by atoms with Crippen LogP contribution in [0, 0.1) is 13.8 Å². The summed E-state index contributed by atoms with van der Waals surface area (Å²) in [5.41, 5.74) is 7.81. The van der Waals surface area contributed by atoms with E-state index < -0.39 is 11.4 Å². The van der Waals surface area contributed by atoms with Gasteiger partial charge in [0.2, 0.25) is 0 Å². The average molecular weight is 507 g/mol. The molecule has 2 N–H and O–H groups in total. The van der Waals surface area contributed by atoms with E-state index in [9.17, 15) is 14.7 Å². The summed E-state index contributed by atoms with van der Waals surface area (Å²) in [5.74, 6) is -0.119. The van der Waals surface area contributed by atoms with Crippen molar-refractivity contribution in [1.82, 2.24) is 9.88 Å². The number of rotatable bonds is 8. The molecule has 0 saturated heterocycles. The van der Waals surface area contributed by atoms with Crippen LogP contribution in [-0.4, -0.2) is 21.6 Å². The van der Waals surface area contributed by atoms with Gasteiger partial charge in [-0.15, -0.1) is 0 Å². The van der Waals surface area contributed by atoms with Gasteiger partial charge in [0.15, 0.2) is 0 Å². The quantitative estimate of drug-likeness (QED) is 0.276. The molecule has 0 aliphatic heterocycles. The monoisotopic (exact) mass is 506 g/mol. The largest absolute Gasteiger partial charge is 0.481 e. The number of fused-ring (bicyclic) bond motifs is 1. The van der Waals surface area contributed by atoms with Crippen LogP contribution in [0.5, 0.6) is 0 Å². The second-order valence-corrected chi connectivity index (χ2v) is 11.3. The molecule has 2 fully saturated rings. The summed E-state index contributed by atoms with van der Waals surface area (Å²) in [5, 5.41) is 14.0. The fraction of sp³-hybridized carbons (Fsp3) is 0.333. The highest BCUT2D eigenvalue weighted by atomic mass is 16.4. The first-order valence-corrected chi connectivity index (χ1v) is 13.6. The van der Waals surface area contributed by atoms with Crippen molar-refractivity contribution in [2.24, 2.45) is 0 Å². The molecule has 0 radical (unpaired) electrons. The predicted octanol–water partition coefficient (Wildman–Crippen LogP) is 6.79. The van der Waals surface area contributed by atoms with Crippen LogP contribution in [0.3, 0.4) is 0 Å². The molecule has 5 nitrogen and oxygen atoms in total. The zero-order valence-corrected chi connectivity index (χ0v) is 22.3. The Labute approximate surface area is 223 Å². The van der Waals surface area contributed by atoms with Crippen molar-refractivity contribution < 1.29 is 14.7 Å². The van der Waals surface area contributed by atoms with E-state index in [-0.39, 0.29) is 11.9 Å². The number of carbonyl (C=O) groups excluding carboxylic acids is 1. The molecule has 5 heteroatoms. The number of benzene rings is 3. The maximum Gasteiger partial charge on any atom is 0.314 e. The van der Waals surface area contributed by atoms with Gasteiger partial charge in [-0.3, -0.25) is 9.59 Å². The van der Waals surface area contributed by atoms with Gasteiger partial charge in [0.25, 0.3) is 5.91 Å². The Balaban J connectivity index is 1.24. The number of aliphatic carboxylic acids is 1. The van der Waals surface area contributed by atoms with Crippen LogP contribution in [0.1, 0.15) is 88.4 Å². The number of nitrogens with zero attached hydrogens (tertiary/aromatic N) is 1. The van der Waals surface area contributed by atoms with Crippen molar-refractivity contribution >= 4 is 22.8 Å². The third-order valence-corrected chi connectivity index (χ3v) is 8.69. The Morgan fingerprint density at radius 1 is 1.03 bits per heavy atom. The average Bonchev–Trinajstić information content (AvgIpc) is 3.84. The van der Waals surface area contributed by atoms with Gasteiger partial charge in [0.1, 0.15) is 0 Å². The van der Waals surface area contributed by atoms with E-state index in [1.807, 2.05) is 43.3 Å². The predicted molar refractivity (Wildman–Crippen MR) is 150 cm³/mol. The summed E-state index contributed by atoms with van der Waals surface area (Å²) >= 11 is 0. The molecular weight excluding hydrogens is 472 g/mol. The van der Waals surface area contributed by atoms with E-state index in [0.29, 0.717) is 30.9 Å². The minimum Gasteiger partial charge on any atom is -0.481 e. The topological polar surface area (TPSA) is 71.3 Å². The zero-order chi connectivity index (χ0) is 26.6. The summed E-state index contributed by atoms with van der Waals surface area (Å²) in [4.78, 5) is 25.1. The highest BCUT2D eigenvalue weighted by Gasteiger charge is 2.51. The first kappa shape index (κ1) is 24.5. The van der Waals surface area contributed by atoms with Crippen molar-refractivity contribution in [3.8, 4) is 0 Å². The van der Waals surface area contributed by atoms with E-state index in [1.54, 1.807) is 0 Å². The molecule has 1 aromatic heterocycles. The Kier molecular flexibility index (Phi) is 5.90. The van der Waals surface area contributed by atoms with Gasteiger partial charge in [-0.25, -0.2) is 0 Å². The SMILES string of the molecule is Cc1c(C)n(Cc2cccc(C3(C(=O)O)CC3)c2)c2ccc(C(=O)NC(C)c3cccc(C4CC4)c3)cc12. The molecule has 0 bridgehead atoms. The van der Waals surface area contributed by atoms with Crippen molar-refractivity contribution in [2.75, 3.05) is 0 Å². The molecule has 2 aliphatic rings. The maximum atomic E-state index is 13.2. The lowest BCUT2D eigenvalue weighted by Crippen LogP contribution is -2.26. The molecule has 4 aromatic rings. The third kappa shape index (κ3) is 4.30. The summed E-state index contributed by atoms with van der Waals surface area (Å²) in [7, 11) is 0. The lowest BCUT2D eigenvalue weighted by atomic mass is 9.94. The van der Waals surface area contributed by atoms with Crippen molar-refractivity contribution in [2.45, 2.75) is 70.4 Å². The van der Waals surface area contributed by atoms with Crippen LogP contribution >= 0.6 is 0 Å². The summed E-state index contributed by atoms with van der Waals surface area (Å²) in [6, 6.07) is 22.5. The number of nitrogens with one attached hydrogen (secondary N) is 1. The van der Waals surface area contributed by atoms with Crippen LogP contribution < -0.4 is 5.32 Å². The smallest absolute Gasteiger partial charge is 0.314 e. The Hall–Kier alpha value is -3.86. The van der Waals surface area contributed by atoms with Gasteiger partial charge in [0.05, 0.1) is 11.5 Å². The second kappa shape index (κ2) is 9.16. The highest BCUT2D eigenvalue weighted by Crippen LogP contribution is 2.48. The Morgan fingerprint density at radius 3 is 2.50 bits per heavy atom. The molecule has 6 rings (SSSR count). The molecule has 0 spiro atoms. The van der Waals surface area contributed by atoms with E-state index in [1.165, 1.54) is 18.4 Å². The molecule has 2 aliphatic carbocycles. The van der Waals surface area contributed by atoms with Crippen LogP contribution in [0.4, 0.5) is 0 Å². The molecule has 1 unspecified atom stereocenters. The van der Waals surface area contributed by atoms with E-state index in [0.717, 1.165) is 38.9 Å². The van der Waals surface area contributed by atoms with Gasteiger partial charge in [-0.05, 0) is 98.4 Å². The van der Waals surface area contributed by atoms with Gasteiger partial charge in [0, 0.05) is 28.7 Å². The lowest BCUT2D eigenvalue weighted by molar-refractivity contribution is -0.140. The minimum atomic E-state index is -0.733. The molecule has 38 heavy (non-hydrogen) atoms. The number of hydrogen-bond donors (Lipinski definition) is 2. The first-order chi connectivity index (χ1) is 18.3. The lowest BCUT2D eigenvalue weighted by Gasteiger charge is -2.16. The van der Waals surface area contributed by atoms with Gasteiger partial charge in [-0.2, -0.15) is 0 Å². The van der Waals surface area contributed by atoms with Crippen LogP contribution in [0.25, 0.3) is 10.9 Å². The van der Waals surface area contributed by atoms with Crippen molar-refractivity contribution in [3.63, 3.8) is 0 Å². The first-order valence-electron chi connectivity index (χ1n) is 13.6. The number of aromatic nitrogens is 1. The van der Waals surface area contributed by atoms with E-state index in [2.05, 4.69) is 54.1 Å². The van der Waals surface area contributed by atoms with E-state index in [4.69, 9.17) is 0 Å². The van der Waals surface area contributed by atoms with Gasteiger partial charge < -0.3 is 15.0 Å². The highest BCUT2D eigenvalue weighted by molar-refractivity contribution is 5.99. The fourth-order valence-corrected chi connectivity index (χ4v) is 5.76. The number of amides is 1. The number of aryl methyl sites for hydroxylation is 1. The summed E-state index contributed by atoms with van der Waals surface area (Å²) in [6.45, 7) is 6.90. The molecule has 2 saturated carbocycles. The Morgan fingerprint density at radius 2 is 1.79 bits per heavy atom. The molecule has 1 atom stereocenters. The normalized spacial score (nSPS) is 16.8. The van der Waals surface area contributed by atoms with E-state index >= 15 is 0 Å². The van der Waals surface area contributed by atoms with Crippen LogP contribution in [0.2, 0.25) is 0 Å². The standard InChI is InChI=1S/C33H34N2O3/c1-20-22(3)35(19-23-6-4-9-28(16-23)33(14-15-33)32(37)38)30-13-12-27(18-29(20)30)31(36)34-21(2)25-7-5-8-26(17-25)24-10-11-24/h4-9,12-13,16-18,21,24H,10-11,14-15,19H2,1-3H3,(H,34,36)(H,37,38). The fourth-order valence-electron chi connectivity index (χ4n) is 5.76. The molecule has 3 aromatic carbocycles. The zero-order valence-electron chi connectivity index (χ0n) is 22.3. The van der Waals surface area contributed by atoms with Crippen molar-refractivity contribution in [1.29, 1.82) is 0 Å². The maximum absolute atomic E-state index is 13.2. The summed E-state index contributed by atoms with van der Waals surface area (Å²) < 4.78 is 2.26. The number of carboxylic acid groups (broad SMARTS) is 1. The molecular formula is C33H34N2O3. The van der Waals surface area contributed by atoms with Crippen molar-refractivity contribution in [3.05, 3.63) is 106 Å². The molecule has 1 heterocycles. The number of hydrogen-bond acceptors (Lipinski definition) is 2. The molecule has 194 valence electrons. The second-order valence-electron chi connectivity index (χ2n) is 11.3. The molecule has 1 amide bonds. The van der Waals surface area contributed by atoms with Crippen LogP contribution in [-0.2, 0) is 16.8 Å². The number of carbonyl (C=O) groups is 2. The summed E-state index contributed by atoms with van der Waals surface area (Å²) in [6.07, 6.45) is 3.92. The third-order valence-electron chi connectivity index (χ3n) is 8.69. The van der Waals surface area contributed by atoms with Gasteiger partial charge in [-0.1, -0.05) is 48.5 Å². The Bertz CT molecular complexity index is 1570. The van der Waals surface area contributed by atoms with Gasteiger partial charge >= 0.3 is 5.97 Å².